The van der Waals surface area contributed by atoms with Gasteiger partial charge in [0.1, 0.15) is 17.1 Å². The molecule has 1 N–H and O–H groups in total. The summed E-state index contributed by atoms with van der Waals surface area (Å²) >= 11 is 0. The van der Waals surface area contributed by atoms with Gasteiger partial charge in [-0.05, 0) is 24.3 Å². The average molecular weight is 385 g/mol. The van der Waals surface area contributed by atoms with E-state index >= 15 is 0 Å². The van der Waals surface area contributed by atoms with Crippen LogP contribution in [-0.4, -0.2) is 24.1 Å². The van der Waals surface area contributed by atoms with Crippen molar-refractivity contribution in [2.45, 2.75) is 10.4 Å². The zero-order chi connectivity index (χ0) is 19.1. The van der Waals surface area contributed by atoms with Crippen molar-refractivity contribution in [1.82, 2.24) is 10.2 Å². The number of nitrogens with one attached hydrogen (secondary N) is 1. The van der Waals surface area contributed by atoms with Crippen LogP contribution < -0.4 is 4.74 Å². The Morgan fingerprint density at radius 3 is 2.58 bits per heavy atom. The van der Waals surface area contributed by atoms with Crippen molar-refractivity contribution in [1.29, 1.82) is 5.26 Å². The number of hydrogen-bond donors (Lipinski definition) is 1. The molecule has 11 heteroatoms. The summed E-state index contributed by atoms with van der Waals surface area (Å²) < 4.78 is 80.6. The highest BCUT2D eigenvalue weighted by Crippen LogP contribution is 2.38. The first-order chi connectivity index (χ1) is 12.1. The number of rotatable bonds is 3. The number of sulfone groups is 1. The first-order valence-electron chi connectivity index (χ1n) is 6.79. The smallest absolute Gasteiger partial charge is 0.455 e. The number of fused-ring (bicyclic) bond motifs is 1. The molecule has 0 aliphatic carbocycles. The molecule has 0 spiro atoms. The molecule has 6 nitrogen and oxygen atoms in total. The summed E-state index contributed by atoms with van der Waals surface area (Å²) in [5.41, 5.74) is -5.64. The molecule has 0 unspecified atom stereocenters. The van der Waals surface area contributed by atoms with Gasteiger partial charge < -0.3 is 4.74 Å². The fourth-order valence-electron chi connectivity index (χ4n) is 2.24. The van der Waals surface area contributed by atoms with Gasteiger partial charge in [-0.15, -0.1) is 0 Å². The number of nitrogens with zero attached hydrogens (tertiary/aromatic N) is 2. The predicted octanol–water partition coefficient (Wildman–Crippen LogP) is 3.66. The van der Waals surface area contributed by atoms with Gasteiger partial charge in [-0.2, -0.15) is 23.5 Å². The molecule has 26 heavy (non-hydrogen) atoms. The normalized spacial score (nSPS) is 12.1. The largest absolute Gasteiger partial charge is 0.501 e. The van der Waals surface area contributed by atoms with E-state index in [4.69, 9.17) is 10.00 Å². The van der Waals surface area contributed by atoms with E-state index in [1.807, 2.05) is 0 Å². The lowest BCUT2D eigenvalue weighted by Gasteiger charge is -2.11. The lowest BCUT2D eigenvalue weighted by atomic mass is 10.2. The van der Waals surface area contributed by atoms with Gasteiger partial charge >= 0.3 is 5.51 Å². The minimum absolute atomic E-state index is 0.0304. The van der Waals surface area contributed by atoms with Crippen molar-refractivity contribution < 1.29 is 30.7 Å². The molecule has 2 aromatic carbocycles. The maximum Gasteiger partial charge on any atom is 0.501 e. The number of alkyl halides is 3. The zero-order valence-electron chi connectivity index (χ0n) is 12.5. The third-order valence-corrected chi connectivity index (χ3v) is 4.90. The minimum atomic E-state index is -5.60. The molecule has 0 amide bonds. The highest BCUT2D eigenvalue weighted by molar-refractivity contribution is 7.92. The number of H-pyrrole nitrogens is 1. The summed E-state index contributed by atoms with van der Waals surface area (Å²) in [5.74, 6) is -0.937. The Hall–Kier alpha value is -3.13. The topological polar surface area (TPSA) is 95.8 Å². The van der Waals surface area contributed by atoms with Crippen LogP contribution >= 0.6 is 0 Å². The van der Waals surface area contributed by atoms with E-state index in [1.165, 1.54) is 6.07 Å². The van der Waals surface area contributed by atoms with E-state index in [1.54, 1.807) is 6.07 Å². The highest BCUT2D eigenvalue weighted by atomic mass is 32.2. The second kappa shape index (κ2) is 5.99. The van der Waals surface area contributed by atoms with Crippen LogP contribution in [0, 0.1) is 17.1 Å². The van der Waals surface area contributed by atoms with E-state index < -0.39 is 26.1 Å². The number of benzene rings is 2. The Morgan fingerprint density at radius 1 is 1.19 bits per heavy atom. The third kappa shape index (κ3) is 2.95. The van der Waals surface area contributed by atoms with E-state index in [9.17, 15) is 26.0 Å². The molecule has 0 saturated heterocycles. The lowest BCUT2D eigenvalue weighted by Crippen LogP contribution is -2.23. The van der Waals surface area contributed by atoms with Gasteiger partial charge in [0, 0.05) is 11.5 Å². The SMILES string of the molecule is N#Cc1cc(F)cc(Oc2ccc(S(=O)(=O)C(F)(F)F)c3cn[nH]c23)c1. The maximum atomic E-state index is 13.5. The number of halogens is 4. The molecule has 0 saturated carbocycles. The van der Waals surface area contributed by atoms with Crippen molar-refractivity contribution >= 4 is 20.7 Å². The van der Waals surface area contributed by atoms with Crippen LogP contribution in [0.1, 0.15) is 5.56 Å². The molecule has 3 rings (SSSR count). The second-order valence-corrected chi connectivity index (χ2v) is 6.97. The zero-order valence-corrected chi connectivity index (χ0v) is 13.3. The maximum absolute atomic E-state index is 13.5. The number of nitriles is 1. The molecular formula is C15H7F4N3O3S. The third-order valence-electron chi connectivity index (χ3n) is 3.36. The summed E-state index contributed by atoms with van der Waals surface area (Å²) in [6, 6.07) is 6.58. The highest BCUT2D eigenvalue weighted by Gasteiger charge is 2.47. The van der Waals surface area contributed by atoms with E-state index in [0.29, 0.717) is 0 Å². The van der Waals surface area contributed by atoms with Crippen LogP contribution in [-0.2, 0) is 9.84 Å². The predicted molar refractivity (Wildman–Crippen MR) is 80.5 cm³/mol. The molecule has 1 heterocycles. The Bertz CT molecular complexity index is 1150. The van der Waals surface area contributed by atoms with Crippen molar-refractivity contribution in [2.75, 3.05) is 0 Å². The van der Waals surface area contributed by atoms with Gasteiger partial charge in [0.05, 0.1) is 22.7 Å². The number of ether oxygens (including phenoxy) is 1. The molecular weight excluding hydrogens is 378 g/mol. The molecule has 3 aromatic rings. The van der Waals surface area contributed by atoms with Crippen LogP contribution in [0.4, 0.5) is 17.6 Å². The van der Waals surface area contributed by atoms with Crippen molar-refractivity contribution in [3.63, 3.8) is 0 Å². The molecule has 0 atom stereocenters. The van der Waals surface area contributed by atoms with E-state index in [0.717, 1.165) is 30.5 Å². The van der Waals surface area contributed by atoms with Crippen LogP contribution in [0.3, 0.4) is 0 Å². The van der Waals surface area contributed by atoms with Gasteiger partial charge in [0.2, 0.25) is 0 Å². The molecule has 134 valence electrons. The van der Waals surface area contributed by atoms with Gasteiger partial charge in [-0.3, -0.25) is 5.10 Å². The lowest BCUT2D eigenvalue weighted by molar-refractivity contribution is -0.0435. The summed E-state index contributed by atoms with van der Waals surface area (Å²) in [5, 5.41) is 14.4. The molecule has 0 radical (unpaired) electrons. The molecule has 0 bridgehead atoms. The fourth-order valence-corrected chi connectivity index (χ4v) is 3.18. The van der Waals surface area contributed by atoms with E-state index in [2.05, 4.69) is 10.2 Å². The van der Waals surface area contributed by atoms with Crippen LogP contribution in [0.25, 0.3) is 10.9 Å². The molecule has 0 aliphatic rings. The number of aromatic amines is 1. The summed E-state index contributed by atoms with van der Waals surface area (Å²) in [4.78, 5) is -0.988. The van der Waals surface area contributed by atoms with Gasteiger partial charge in [-0.25, -0.2) is 12.8 Å². The minimum Gasteiger partial charge on any atom is -0.455 e. The Balaban J connectivity index is 2.12. The quantitative estimate of drug-likeness (QED) is 0.694. The van der Waals surface area contributed by atoms with Crippen LogP contribution in [0.5, 0.6) is 11.5 Å². The molecule has 0 aliphatic heterocycles. The molecule has 0 fully saturated rings. The van der Waals surface area contributed by atoms with E-state index in [-0.39, 0.29) is 28.0 Å². The summed E-state index contributed by atoms with van der Waals surface area (Å²) in [6.07, 6.45) is 0.910. The second-order valence-electron chi connectivity index (χ2n) is 5.06. The van der Waals surface area contributed by atoms with Gasteiger partial charge in [0.25, 0.3) is 9.84 Å². The van der Waals surface area contributed by atoms with Crippen molar-refractivity contribution in [3.05, 3.63) is 47.9 Å². The Morgan fingerprint density at radius 2 is 1.92 bits per heavy atom. The number of hydrogen-bond acceptors (Lipinski definition) is 5. The Labute approximate surface area is 143 Å². The monoisotopic (exact) mass is 385 g/mol. The van der Waals surface area contributed by atoms with Crippen molar-refractivity contribution in [3.8, 4) is 17.6 Å². The van der Waals surface area contributed by atoms with Crippen LogP contribution in [0.2, 0.25) is 0 Å². The van der Waals surface area contributed by atoms with Crippen LogP contribution in [0.15, 0.2) is 41.4 Å². The van der Waals surface area contributed by atoms with Gasteiger partial charge in [-0.1, -0.05) is 0 Å². The molecule has 1 aromatic heterocycles. The standard InChI is InChI=1S/C15H7F4N3O3S/c16-9-3-8(6-20)4-10(5-9)25-12-1-2-13(11-7-21-22-14(11)12)26(23,24)15(17,18)19/h1-5,7H,(H,21,22). The first kappa shape index (κ1) is 17.7. The van der Waals surface area contributed by atoms with Crippen molar-refractivity contribution in [2.24, 2.45) is 0 Å². The Kier molecular flexibility index (Phi) is 4.08. The summed E-state index contributed by atoms with van der Waals surface area (Å²) in [6.45, 7) is 0. The van der Waals surface area contributed by atoms with Gasteiger partial charge in [0.15, 0.2) is 5.75 Å². The average Bonchev–Trinajstić information content (AvgIpc) is 3.03. The first-order valence-corrected chi connectivity index (χ1v) is 8.28. The number of aromatic nitrogens is 2. The summed E-state index contributed by atoms with van der Waals surface area (Å²) in [7, 11) is -5.60. The fraction of sp³-hybridized carbons (Fsp3) is 0.0667.